The summed E-state index contributed by atoms with van der Waals surface area (Å²) in [5, 5.41) is 8.60. The van der Waals surface area contributed by atoms with Crippen molar-refractivity contribution in [2.24, 2.45) is 0 Å². The van der Waals surface area contributed by atoms with Crippen molar-refractivity contribution in [3.63, 3.8) is 0 Å². The van der Waals surface area contributed by atoms with Crippen molar-refractivity contribution in [1.29, 1.82) is 0 Å². The van der Waals surface area contributed by atoms with Crippen molar-refractivity contribution < 1.29 is 19.1 Å². The normalized spacial score (nSPS) is 10.7. The van der Waals surface area contributed by atoms with Crippen LogP contribution < -0.4 is 0 Å². The molecule has 6 heteroatoms. The number of nitrogens with zero attached hydrogens (tertiary/aromatic N) is 2. The van der Waals surface area contributed by atoms with Crippen LogP contribution >= 0.6 is 0 Å². The number of rotatable bonds is 6. The minimum atomic E-state index is -0.859. The summed E-state index contributed by atoms with van der Waals surface area (Å²) < 4.78 is 5.07. The van der Waals surface area contributed by atoms with Crippen molar-refractivity contribution in [3.05, 3.63) is 17.8 Å². The topological polar surface area (TPSA) is 83.6 Å². The van der Waals surface area contributed by atoms with Crippen LogP contribution in [0.5, 0.6) is 0 Å². The summed E-state index contributed by atoms with van der Waals surface area (Å²) in [7, 11) is 0. The quantitative estimate of drug-likeness (QED) is 0.835. The summed E-state index contributed by atoms with van der Waals surface area (Å²) >= 11 is 0. The molecule has 18 heavy (non-hydrogen) atoms. The second kappa shape index (κ2) is 6.18. The van der Waals surface area contributed by atoms with Gasteiger partial charge in [-0.05, 0) is 27.2 Å². The first kappa shape index (κ1) is 14.2. The lowest BCUT2D eigenvalue weighted by atomic mass is 10.2. The maximum absolute atomic E-state index is 12.2. The predicted molar refractivity (Wildman–Crippen MR) is 64.3 cm³/mol. The van der Waals surface area contributed by atoms with Crippen molar-refractivity contribution in [3.8, 4) is 0 Å². The maximum atomic E-state index is 12.2. The second-order valence-electron chi connectivity index (χ2n) is 4.36. The first-order valence-electron chi connectivity index (χ1n) is 5.86. The molecule has 6 nitrogen and oxygen atoms in total. The molecular formula is C12H18N2O4. The highest BCUT2D eigenvalue weighted by atomic mass is 16.4. The average molecular weight is 254 g/mol. The van der Waals surface area contributed by atoms with E-state index in [4.69, 9.17) is 9.52 Å². The van der Waals surface area contributed by atoms with E-state index >= 15 is 0 Å². The number of oxazole rings is 1. The molecule has 0 atom stereocenters. The summed E-state index contributed by atoms with van der Waals surface area (Å²) in [6.45, 7) is 5.85. The molecule has 1 amide bonds. The Morgan fingerprint density at radius 2 is 2.17 bits per heavy atom. The molecule has 0 aliphatic rings. The molecule has 1 N–H and O–H groups in total. The molecule has 100 valence electrons. The fourth-order valence-corrected chi connectivity index (χ4v) is 1.63. The number of aromatic nitrogens is 1. The van der Waals surface area contributed by atoms with E-state index in [-0.39, 0.29) is 24.1 Å². The first-order chi connectivity index (χ1) is 8.43. The van der Waals surface area contributed by atoms with Gasteiger partial charge in [-0.2, -0.15) is 0 Å². The molecule has 1 rings (SSSR count). The minimum Gasteiger partial charge on any atom is -0.481 e. The van der Waals surface area contributed by atoms with Crippen LogP contribution in [0.25, 0.3) is 0 Å². The number of amides is 1. The summed E-state index contributed by atoms with van der Waals surface area (Å²) in [4.78, 5) is 28.1. The summed E-state index contributed by atoms with van der Waals surface area (Å²) in [6.07, 6.45) is 1.71. The Balaban J connectivity index is 2.70. The predicted octanol–water partition coefficient (Wildman–Crippen LogP) is 1.70. The molecule has 0 spiro atoms. The van der Waals surface area contributed by atoms with Crippen molar-refractivity contribution in [2.75, 3.05) is 6.54 Å². The fraction of sp³-hybridized carbons (Fsp3) is 0.583. The largest absolute Gasteiger partial charge is 0.481 e. The van der Waals surface area contributed by atoms with Crippen LogP contribution in [0.2, 0.25) is 0 Å². The van der Waals surface area contributed by atoms with Crippen LogP contribution in [0.3, 0.4) is 0 Å². The average Bonchev–Trinajstić information content (AvgIpc) is 2.69. The smallest absolute Gasteiger partial charge is 0.303 e. The number of hydrogen-bond acceptors (Lipinski definition) is 4. The number of carbonyl (C=O) groups is 2. The van der Waals surface area contributed by atoms with Gasteiger partial charge in [-0.15, -0.1) is 0 Å². The van der Waals surface area contributed by atoms with Crippen LogP contribution in [0.4, 0.5) is 0 Å². The van der Waals surface area contributed by atoms with Gasteiger partial charge in [0.1, 0.15) is 0 Å². The summed E-state index contributed by atoms with van der Waals surface area (Å²) in [6, 6.07) is -0.0178. The maximum Gasteiger partial charge on any atom is 0.303 e. The lowest BCUT2D eigenvalue weighted by molar-refractivity contribution is -0.137. The number of hydrogen-bond donors (Lipinski definition) is 1. The third-order valence-corrected chi connectivity index (χ3v) is 2.61. The van der Waals surface area contributed by atoms with Gasteiger partial charge in [-0.1, -0.05) is 0 Å². The molecule has 0 saturated heterocycles. The summed E-state index contributed by atoms with van der Waals surface area (Å²) in [5.41, 5.74) is 0.545. The number of carboxylic acids is 1. The van der Waals surface area contributed by atoms with Crippen molar-refractivity contribution in [2.45, 2.75) is 39.7 Å². The van der Waals surface area contributed by atoms with Crippen LogP contribution in [0.1, 0.15) is 42.9 Å². The fourth-order valence-electron chi connectivity index (χ4n) is 1.63. The van der Waals surface area contributed by atoms with Gasteiger partial charge in [0.25, 0.3) is 5.91 Å². The van der Waals surface area contributed by atoms with Gasteiger partial charge >= 0.3 is 5.97 Å². The molecule has 0 radical (unpaired) electrons. The van der Waals surface area contributed by atoms with E-state index in [2.05, 4.69) is 4.98 Å². The van der Waals surface area contributed by atoms with Gasteiger partial charge < -0.3 is 14.4 Å². The Kier molecular flexibility index (Phi) is 4.88. The highest BCUT2D eigenvalue weighted by molar-refractivity contribution is 5.92. The first-order valence-corrected chi connectivity index (χ1v) is 5.86. The zero-order valence-corrected chi connectivity index (χ0v) is 10.8. The van der Waals surface area contributed by atoms with E-state index in [1.807, 2.05) is 13.8 Å². The van der Waals surface area contributed by atoms with Gasteiger partial charge in [0.05, 0.1) is 5.69 Å². The third kappa shape index (κ3) is 3.58. The molecule has 0 bridgehead atoms. The van der Waals surface area contributed by atoms with Crippen LogP contribution in [0, 0.1) is 6.92 Å². The number of aliphatic carboxylic acids is 1. The van der Waals surface area contributed by atoms with E-state index < -0.39 is 5.97 Å². The molecule has 1 heterocycles. The van der Waals surface area contributed by atoms with E-state index in [9.17, 15) is 9.59 Å². The number of carbonyl (C=O) groups excluding carboxylic acids is 1. The highest BCUT2D eigenvalue weighted by Crippen LogP contribution is 2.12. The van der Waals surface area contributed by atoms with Gasteiger partial charge in [0.2, 0.25) is 5.76 Å². The van der Waals surface area contributed by atoms with Crippen molar-refractivity contribution in [1.82, 2.24) is 9.88 Å². The molecule has 1 aromatic heterocycles. The zero-order chi connectivity index (χ0) is 13.7. The Bertz CT molecular complexity index is 425. The van der Waals surface area contributed by atoms with Crippen LogP contribution in [0.15, 0.2) is 10.8 Å². The zero-order valence-electron chi connectivity index (χ0n) is 10.8. The lowest BCUT2D eigenvalue weighted by Crippen LogP contribution is -2.38. The van der Waals surface area contributed by atoms with Crippen molar-refractivity contribution >= 4 is 11.9 Å². The van der Waals surface area contributed by atoms with E-state index in [0.29, 0.717) is 18.7 Å². The number of aryl methyl sites for hydroxylation is 1. The SMILES string of the molecule is Cc1ncoc1C(=O)N(CCCC(=O)O)C(C)C. The number of carboxylic acid groups (broad SMARTS) is 1. The molecule has 0 saturated carbocycles. The summed E-state index contributed by atoms with van der Waals surface area (Å²) in [5.74, 6) is -0.883. The molecule has 0 aromatic carbocycles. The second-order valence-corrected chi connectivity index (χ2v) is 4.36. The van der Waals surface area contributed by atoms with E-state index in [1.54, 1.807) is 11.8 Å². The highest BCUT2D eigenvalue weighted by Gasteiger charge is 2.23. The Morgan fingerprint density at radius 1 is 1.50 bits per heavy atom. The molecule has 0 aliphatic heterocycles. The third-order valence-electron chi connectivity index (χ3n) is 2.61. The van der Waals surface area contributed by atoms with E-state index in [0.717, 1.165) is 0 Å². The molecule has 0 fully saturated rings. The lowest BCUT2D eigenvalue weighted by Gasteiger charge is -2.25. The van der Waals surface area contributed by atoms with Crippen LogP contribution in [-0.4, -0.2) is 39.5 Å². The van der Waals surface area contributed by atoms with Gasteiger partial charge in [-0.3, -0.25) is 9.59 Å². The monoisotopic (exact) mass is 254 g/mol. The molecule has 1 aromatic rings. The van der Waals surface area contributed by atoms with Gasteiger partial charge in [0, 0.05) is 19.0 Å². The Labute approximate surface area is 106 Å². The molecule has 0 aliphatic carbocycles. The van der Waals surface area contributed by atoms with Gasteiger partial charge in [-0.25, -0.2) is 4.98 Å². The standard InChI is InChI=1S/C12H18N2O4/c1-8(2)14(6-4-5-10(15)16)12(17)11-9(3)13-7-18-11/h7-8H,4-6H2,1-3H3,(H,15,16). The minimum absolute atomic E-state index is 0.0178. The van der Waals surface area contributed by atoms with Gasteiger partial charge in [0.15, 0.2) is 6.39 Å². The Morgan fingerprint density at radius 3 is 2.61 bits per heavy atom. The van der Waals surface area contributed by atoms with E-state index in [1.165, 1.54) is 6.39 Å². The van der Waals surface area contributed by atoms with Crippen LogP contribution in [-0.2, 0) is 4.79 Å². The molecule has 0 unspecified atom stereocenters. The molecular weight excluding hydrogens is 236 g/mol. The Hall–Kier alpha value is -1.85.